The van der Waals surface area contributed by atoms with Gasteiger partial charge in [0.25, 0.3) is 0 Å². The van der Waals surface area contributed by atoms with Gasteiger partial charge in [-0.15, -0.1) is 0 Å². The summed E-state index contributed by atoms with van der Waals surface area (Å²) in [6, 6.07) is 2.66. The molecular weight excluding hydrogens is 229 g/mol. The van der Waals surface area contributed by atoms with Gasteiger partial charge in [-0.25, -0.2) is 9.18 Å². The van der Waals surface area contributed by atoms with E-state index in [0.29, 0.717) is 5.56 Å². The van der Waals surface area contributed by atoms with Gasteiger partial charge in [0.2, 0.25) is 0 Å². The largest absolute Gasteiger partial charge is 0.480 e. The second kappa shape index (κ2) is 5.40. The molecule has 0 radical (unpaired) electrons. The van der Waals surface area contributed by atoms with Crippen molar-refractivity contribution in [2.75, 3.05) is 7.11 Å². The Hall–Kier alpha value is -1.95. The average Bonchev–Trinajstić information content (AvgIpc) is 2.28. The lowest BCUT2D eigenvalue weighted by molar-refractivity contribution is -0.138. The van der Waals surface area contributed by atoms with Gasteiger partial charge in [0.05, 0.1) is 12.7 Å². The Labute approximate surface area is 97.0 Å². The van der Waals surface area contributed by atoms with Crippen LogP contribution in [-0.4, -0.2) is 30.2 Å². The first-order chi connectivity index (χ1) is 7.95. The zero-order chi connectivity index (χ0) is 13.0. The summed E-state index contributed by atoms with van der Waals surface area (Å²) < 4.78 is 17.8. The summed E-state index contributed by atoms with van der Waals surface area (Å²) in [4.78, 5) is 21.6. The number of carboxylic acids is 1. The van der Waals surface area contributed by atoms with E-state index >= 15 is 0 Å². The lowest BCUT2D eigenvalue weighted by Crippen LogP contribution is -2.32. The molecule has 0 bridgehead atoms. The van der Waals surface area contributed by atoms with Crippen LogP contribution >= 0.6 is 0 Å². The van der Waals surface area contributed by atoms with Crippen molar-refractivity contribution in [2.24, 2.45) is 5.73 Å². The fourth-order valence-corrected chi connectivity index (χ4v) is 1.30. The van der Waals surface area contributed by atoms with Crippen molar-refractivity contribution in [3.05, 3.63) is 35.1 Å². The van der Waals surface area contributed by atoms with Crippen LogP contribution < -0.4 is 5.73 Å². The van der Waals surface area contributed by atoms with Crippen LogP contribution in [0, 0.1) is 5.82 Å². The van der Waals surface area contributed by atoms with E-state index in [1.807, 2.05) is 0 Å². The van der Waals surface area contributed by atoms with Crippen LogP contribution in [0.2, 0.25) is 0 Å². The fourth-order valence-electron chi connectivity index (χ4n) is 1.30. The van der Waals surface area contributed by atoms with E-state index in [1.165, 1.54) is 12.1 Å². The van der Waals surface area contributed by atoms with Crippen molar-refractivity contribution in [2.45, 2.75) is 12.5 Å². The Kier molecular flexibility index (Phi) is 4.17. The molecule has 0 heterocycles. The predicted octanol–water partition coefficient (Wildman–Crippen LogP) is 0.567. The number of nitrogens with two attached hydrogens (primary N) is 1. The van der Waals surface area contributed by atoms with Crippen molar-refractivity contribution < 1.29 is 23.8 Å². The van der Waals surface area contributed by atoms with Gasteiger partial charge in [-0.3, -0.25) is 4.79 Å². The van der Waals surface area contributed by atoms with Crippen molar-refractivity contribution in [1.29, 1.82) is 0 Å². The van der Waals surface area contributed by atoms with Crippen molar-refractivity contribution >= 4 is 11.9 Å². The van der Waals surface area contributed by atoms with Crippen molar-refractivity contribution in [3.63, 3.8) is 0 Å². The number of carboxylic acid groups (broad SMARTS) is 1. The molecule has 6 heteroatoms. The van der Waals surface area contributed by atoms with E-state index in [0.717, 1.165) is 13.2 Å². The molecular formula is C11H12FNO4. The molecule has 92 valence electrons. The minimum atomic E-state index is -1.16. The molecule has 17 heavy (non-hydrogen) atoms. The second-order valence-corrected chi connectivity index (χ2v) is 3.45. The van der Waals surface area contributed by atoms with E-state index in [1.54, 1.807) is 0 Å². The minimum Gasteiger partial charge on any atom is -0.480 e. The SMILES string of the molecule is COC(=O)c1ccc(C[C@H](N)C(=O)O)cc1F. The maximum Gasteiger partial charge on any atom is 0.340 e. The van der Waals surface area contributed by atoms with Gasteiger partial charge < -0.3 is 15.6 Å². The fraction of sp³-hybridized carbons (Fsp3) is 0.273. The number of esters is 1. The zero-order valence-corrected chi connectivity index (χ0v) is 9.14. The zero-order valence-electron chi connectivity index (χ0n) is 9.14. The summed E-state index contributed by atoms with van der Waals surface area (Å²) >= 11 is 0. The number of carbonyl (C=O) groups excluding carboxylic acids is 1. The second-order valence-electron chi connectivity index (χ2n) is 3.45. The van der Waals surface area contributed by atoms with E-state index < -0.39 is 23.8 Å². The Bertz CT molecular complexity index is 447. The lowest BCUT2D eigenvalue weighted by Gasteiger charge is -2.07. The summed E-state index contributed by atoms with van der Waals surface area (Å²) in [6.07, 6.45) is -0.00624. The smallest absolute Gasteiger partial charge is 0.340 e. The molecule has 0 aliphatic heterocycles. The van der Waals surface area contributed by atoms with Crippen LogP contribution in [0.15, 0.2) is 18.2 Å². The topological polar surface area (TPSA) is 89.6 Å². The number of rotatable bonds is 4. The maximum absolute atomic E-state index is 13.4. The molecule has 0 aromatic heterocycles. The Morgan fingerprint density at radius 2 is 2.18 bits per heavy atom. The van der Waals surface area contributed by atoms with E-state index in [2.05, 4.69) is 4.74 Å². The molecule has 0 fully saturated rings. The monoisotopic (exact) mass is 241 g/mol. The van der Waals surface area contributed by atoms with Crippen LogP contribution in [0.25, 0.3) is 0 Å². The normalized spacial score (nSPS) is 11.9. The molecule has 0 saturated carbocycles. The molecule has 0 saturated heterocycles. The minimum absolute atomic E-state index is 0.00624. The number of hydrogen-bond acceptors (Lipinski definition) is 4. The predicted molar refractivity (Wildman–Crippen MR) is 57.1 cm³/mol. The number of aliphatic carboxylic acids is 1. The van der Waals surface area contributed by atoms with Crippen LogP contribution in [0.4, 0.5) is 4.39 Å². The van der Waals surface area contributed by atoms with E-state index in [-0.39, 0.29) is 12.0 Å². The third-order valence-corrected chi connectivity index (χ3v) is 2.21. The average molecular weight is 241 g/mol. The highest BCUT2D eigenvalue weighted by molar-refractivity contribution is 5.89. The number of benzene rings is 1. The number of carbonyl (C=O) groups is 2. The molecule has 1 aromatic carbocycles. The van der Waals surface area contributed by atoms with Crippen molar-refractivity contribution in [3.8, 4) is 0 Å². The summed E-state index contributed by atoms with van der Waals surface area (Å²) in [5.41, 5.74) is 5.52. The molecule has 1 atom stereocenters. The first-order valence-corrected chi connectivity index (χ1v) is 4.81. The molecule has 0 amide bonds. The van der Waals surface area contributed by atoms with Crippen LogP contribution in [-0.2, 0) is 16.0 Å². The van der Waals surface area contributed by atoms with Crippen LogP contribution in [0.3, 0.4) is 0 Å². The quantitative estimate of drug-likeness (QED) is 0.752. The Morgan fingerprint density at radius 3 is 2.65 bits per heavy atom. The van der Waals surface area contributed by atoms with Crippen LogP contribution in [0.5, 0.6) is 0 Å². The van der Waals surface area contributed by atoms with Crippen molar-refractivity contribution in [1.82, 2.24) is 0 Å². The third kappa shape index (κ3) is 3.25. The summed E-state index contributed by atoms with van der Waals surface area (Å²) in [7, 11) is 1.15. The summed E-state index contributed by atoms with van der Waals surface area (Å²) in [6.45, 7) is 0. The van der Waals surface area contributed by atoms with E-state index in [4.69, 9.17) is 10.8 Å². The Morgan fingerprint density at radius 1 is 1.53 bits per heavy atom. The number of methoxy groups -OCH3 is 1. The number of halogens is 1. The molecule has 0 aliphatic rings. The molecule has 0 spiro atoms. The highest BCUT2D eigenvalue weighted by Gasteiger charge is 2.16. The molecule has 1 rings (SSSR count). The highest BCUT2D eigenvalue weighted by atomic mass is 19.1. The molecule has 1 aromatic rings. The van der Waals surface area contributed by atoms with Gasteiger partial charge in [0, 0.05) is 0 Å². The number of ether oxygens (including phenoxy) is 1. The lowest BCUT2D eigenvalue weighted by atomic mass is 10.0. The first kappa shape index (κ1) is 13.1. The third-order valence-electron chi connectivity index (χ3n) is 2.21. The highest BCUT2D eigenvalue weighted by Crippen LogP contribution is 2.12. The number of hydrogen-bond donors (Lipinski definition) is 2. The molecule has 5 nitrogen and oxygen atoms in total. The van der Waals surface area contributed by atoms with Gasteiger partial charge in [0.15, 0.2) is 0 Å². The summed E-state index contributed by atoms with van der Waals surface area (Å²) in [5, 5.41) is 8.60. The molecule has 0 aliphatic carbocycles. The van der Waals surface area contributed by atoms with Crippen LogP contribution in [0.1, 0.15) is 15.9 Å². The van der Waals surface area contributed by atoms with Gasteiger partial charge in [-0.05, 0) is 24.1 Å². The summed E-state index contributed by atoms with van der Waals surface area (Å²) in [5.74, 6) is -2.70. The van der Waals surface area contributed by atoms with E-state index in [9.17, 15) is 14.0 Å². The maximum atomic E-state index is 13.4. The standard InChI is InChI=1S/C11H12FNO4/c1-17-11(16)7-3-2-6(4-8(7)12)5-9(13)10(14)15/h2-4,9H,5,13H2,1H3,(H,14,15)/t9-/m0/s1. The Balaban J connectivity index is 2.89. The van der Waals surface area contributed by atoms with Gasteiger partial charge in [-0.1, -0.05) is 6.07 Å². The molecule has 0 unspecified atom stereocenters. The van der Waals surface area contributed by atoms with Gasteiger partial charge in [0.1, 0.15) is 11.9 Å². The van der Waals surface area contributed by atoms with Gasteiger partial charge in [-0.2, -0.15) is 0 Å². The molecule has 3 N–H and O–H groups in total. The van der Waals surface area contributed by atoms with Gasteiger partial charge >= 0.3 is 11.9 Å². The first-order valence-electron chi connectivity index (χ1n) is 4.81.